The molecule has 0 aromatic carbocycles. The molecule has 1 N–H and O–H groups in total. The van der Waals surface area contributed by atoms with Crippen molar-refractivity contribution in [1.29, 1.82) is 0 Å². The highest BCUT2D eigenvalue weighted by atomic mass is 32.2. The van der Waals surface area contributed by atoms with Crippen LogP contribution in [0.1, 0.15) is 51.4 Å². The van der Waals surface area contributed by atoms with Crippen LogP contribution < -0.4 is 5.32 Å². The van der Waals surface area contributed by atoms with Gasteiger partial charge in [-0.25, -0.2) is 0 Å². The van der Waals surface area contributed by atoms with Crippen molar-refractivity contribution < 1.29 is 9.59 Å². The molecule has 112 valence electrons. The van der Waals surface area contributed by atoms with Gasteiger partial charge in [0.15, 0.2) is 0 Å². The molecule has 5 heteroatoms. The number of hydrogen-bond acceptors (Lipinski definition) is 3. The summed E-state index contributed by atoms with van der Waals surface area (Å²) in [6.07, 6.45) is 10.5. The Bertz CT molecular complexity index is 407. The fourth-order valence-electron chi connectivity index (χ4n) is 4.16. The maximum absolute atomic E-state index is 13.0. The summed E-state index contributed by atoms with van der Waals surface area (Å²) in [7, 11) is 0. The minimum absolute atomic E-state index is 0.0400. The molecule has 1 aliphatic heterocycles. The molecule has 1 heterocycles. The Labute approximate surface area is 125 Å². The van der Waals surface area contributed by atoms with E-state index in [9.17, 15) is 9.59 Å². The molecule has 0 radical (unpaired) electrons. The van der Waals surface area contributed by atoms with Crippen molar-refractivity contribution in [3.63, 3.8) is 0 Å². The molecule has 3 fully saturated rings. The monoisotopic (exact) mass is 296 g/mol. The Kier molecular flexibility index (Phi) is 3.98. The quantitative estimate of drug-likeness (QED) is 0.847. The first kappa shape index (κ1) is 14.2. The highest BCUT2D eigenvalue weighted by Crippen LogP contribution is 2.37. The number of hydrogen-bond donors (Lipinski definition) is 1. The maximum Gasteiger partial charge on any atom is 0.249 e. The predicted molar refractivity (Wildman–Crippen MR) is 80.6 cm³/mol. The smallest absolute Gasteiger partial charge is 0.249 e. The third kappa shape index (κ3) is 2.34. The molecule has 4 nitrogen and oxygen atoms in total. The van der Waals surface area contributed by atoms with E-state index in [-0.39, 0.29) is 24.4 Å². The molecule has 3 aliphatic rings. The molecule has 20 heavy (non-hydrogen) atoms. The van der Waals surface area contributed by atoms with Crippen molar-refractivity contribution >= 4 is 23.6 Å². The zero-order valence-corrected chi connectivity index (χ0v) is 13.0. The zero-order valence-electron chi connectivity index (χ0n) is 12.2. The van der Waals surface area contributed by atoms with Gasteiger partial charge in [-0.05, 0) is 31.9 Å². The van der Waals surface area contributed by atoms with E-state index in [0.29, 0.717) is 5.25 Å². The Balaban J connectivity index is 1.83. The van der Waals surface area contributed by atoms with Crippen molar-refractivity contribution in [2.24, 2.45) is 0 Å². The van der Waals surface area contributed by atoms with Crippen LogP contribution >= 0.6 is 11.8 Å². The minimum Gasteiger partial charge on any atom is -0.340 e. The van der Waals surface area contributed by atoms with Crippen LogP contribution in [0.15, 0.2) is 0 Å². The number of amides is 2. The van der Waals surface area contributed by atoms with Gasteiger partial charge in [0.2, 0.25) is 11.8 Å². The van der Waals surface area contributed by atoms with Crippen LogP contribution in [0.3, 0.4) is 0 Å². The first-order chi connectivity index (χ1) is 9.66. The van der Waals surface area contributed by atoms with Crippen LogP contribution in [0.25, 0.3) is 0 Å². The molecular formula is C15H24N2O2S. The molecule has 1 saturated heterocycles. The van der Waals surface area contributed by atoms with Gasteiger partial charge in [-0.15, -0.1) is 0 Å². The van der Waals surface area contributed by atoms with Gasteiger partial charge in [0.05, 0.1) is 6.54 Å². The predicted octanol–water partition coefficient (Wildman–Crippen LogP) is 1.93. The van der Waals surface area contributed by atoms with Gasteiger partial charge in [0.1, 0.15) is 5.54 Å². The minimum atomic E-state index is -0.570. The van der Waals surface area contributed by atoms with Gasteiger partial charge >= 0.3 is 0 Å². The molecule has 0 bridgehead atoms. The zero-order chi connectivity index (χ0) is 14.2. The number of piperazine rings is 1. The second-order valence-electron chi connectivity index (χ2n) is 6.40. The summed E-state index contributed by atoms with van der Waals surface area (Å²) >= 11 is 1.85. The Morgan fingerprint density at radius 1 is 1.15 bits per heavy atom. The lowest BCUT2D eigenvalue weighted by molar-refractivity contribution is -0.153. The third-order valence-electron chi connectivity index (χ3n) is 5.19. The van der Waals surface area contributed by atoms with Gasteiger partial charge < -0.3 is 10.2 Å². The van der Waals surface area contributed by atoms with E-state index >= 15 is 0 Å². The van der Waals surface area contributed by atoms with Gasteiger partial charge in [0.25, 0.3) is 0 Å². The van der Waals surface area contributed by atoms with Crippen molar-refractivity contribution in [3.8, 4) is 0 Å². The lowest BCUT2D eigenvalue weighted by atomic mass is 9.79. The number of carbonyl (C=O) groups is 2. The maximum atomic E-state index is 13.0. The summed E-state index contributed by atoms with van der Waals surface area (Å²) in [4.78, 5) is 27.0. The number of thioether (sulfide) groups is 1. The van der Waals surface area contributed by atoms with E-state index in [1.807, 2.05) is 16.7 Å². The second-order valence-corrected chi connectivity index (χ2v) is 7.47. The van der Waals surface area contributed by atoms with E-state index in [4.69, 9.17) is 0 Å². The summed E-state index contributed by atoms with van der Waals surface area (Å²) < 4.78 is 0. The molecule has 2 saturated carbocycles. The van der Waals surface area contributed by atoms with E-state index in [1.165, 1.54) is 19.3 Å². The molecule has 0 aromatic heterocycles. The van der Waals surface area contributed by atoms with E-state index in [1.54, 1.807) is 0 Å². The molecule has 2 amide bonds. The number of rotatable bonds is 2. The van der Waals surface area contributed by atoms with E-state index in [0.717, 1.165) is 32.1 Å². The molecule has 3 rings (SSSR count). The highest BCUT2D eigenvalue weighted by molar-refractivity contribution is 7.99. The normalized spacial score (nSPS) is 33.5. The Hall–Kier alpha value is -0.710. The standard InChI is InChI=1S/C15H24N2O2S/c1-20-12-7-5-6-11(12)17-10-13(18)16-15(14(17)19)8-3-2-4-9-15/h11-12H,2-10H2,1H3,(H,16,18). The number of carbonyl (C=O) groups excluding carboxylic acids is 2. The summed E-state index contributed by atoms with van der Waals surface area (Å²) in [5.74, 6) is 0.237. The largest absolute Gasteiger partial charge is 0.340 e. The topological polar surface area (TPSA) is 49.4 Å². The third-order valence-corrected chi connectivity index (χ3v) is 6.35. The van der Waals surface area contributed by atoms with E-state index in [2.05, 4.69) is 11.6 Å². The average Bonchev–Trinajstić information content (AvgIpc) is 2.92. The van der Waals surface area contributed by atoms with Crippen molar-refractivity contribution in [1.82, 2.24) is 10.2 Å². The van der Waals surface area contributed by atoms with Crippen LogP contribution in [0.4, 0.5) is 0 Å². The van der Waals surface area contributed by atoms with Crippen LogP contribution in [0.2, 0.25) is 0 Å². The Morgan fingerprint density at radius 2 is 1.90 bits per heavy atom. The number of nitrogens with zero attached hydrogens (tertiary/aromatic N) is 1. The fraction of sp³-hybridized carbons (Fsp3) is 0.867. The van der Waals surface area contributed by atoms with Crippen molar-refractivity contribution in [3.05, 3.63) is 0 Å². The number of nitrogens with one attached hydrogen (secondary N) is 1. The van der Waals surface area contributed by atoms with E-state index < -0.39 is 5.54 Å². The van der Waals surface area contributed by atoms with Gasteiger partial charge in [-0.1, -0.05) is 25.7 Å². The summed E-state index contributed by atoms with van der Waals surface area (Å²) in [5.41, 5.74) is -0.570. The summed E-state index contributed by atoms with van der Waals surface area (Å²) in [6.45, 7) is 0.266. The molecule has 2 atom stereocenters. The lowest BCUT2D eigenvalue weighted by Gasteiger charge is -2.46. The first-order valence-corrected chi connectivity index (χ1v) is 9.10. The van der Waals surface area contributed by atoms with Gasteiger partial charge in [-0.2, -0.15) is 11.8 Å². The van der Waals surface area contributed by atoms with Crippen LogP contribution in [-0.2, 0) is 9.59 Å². The molecule has 2 aliphatic carbocycles. The van der Waals surface area contributed by atoms with Crippen molar-refractivity contribution in [2.75, 3.05) is 12.8 Å². The highest BCUT2D eigenvalue weighted by Gasteiger charge is 2.50. The lowest BCUT2D eigenvalue weighted by Crippen LogP contribution is -2.69. The second kappa shape index (κ2) is 5.58. The van der Waals surface area contributed by atoms with Crippen molar-refractivity contribution in [2.45, 2.75) is 68.2 Å². The Morgan fingerprint density at radius 3 is 2.60 bits per heavy atom. The molecule has 0 aromatic rings. The SMILES string of the molecule is CSC1CCCC1N1CC(=O)NC2(CCCCC2)C1=O. The fourth-order valence-corrected chi connectivity index (χ4v) is 5.16. The summed E-state index contributed by atoms with van der Waals surface area (Å²) in [5, 5.41) is 3.54. The molecule has 1 spiro atoms. The summed E-state index contributed by atoms with van der Waals surface area (Å²) in [6, 6.07) is 0.266. The van der Waals surface area contributed by atoms with Crippen LogP contribution in [-0.4, -0.2) is 46.3 Å². The van der Waals surface area contributed by atoms with Gasteiger partial charge in [0, 0.05) is 11.3 Å². The van der Waals surface area contributed by atoms with Crippen LogP contribution in [0.5, 0.6) is 0 Å². The molecule has 2 unspecified atom stereocenters. The van der Waals surface area contributed by atoms with Gasteiger partial charge in [-0.3, -0.25) is 9.59 Å². The average molecular weight is 296 g/mol. The first-order valence-electron chi connectivity index (χ1n) is 7.81. The van der Waals surface area contributed by atoms with Crippen LogP contribution in [0, 0.1) is 0 Å². The molecular weight excluding hydrogens is 272 g/mol.